The quantitative estimate of drug-likeness (QED) is 0.777. The first-order valence-electron chi connectivity index (χ1n) is 8.05. The summed E-state index contributed by atoms with van der Waals surface area (Å²) in [5.41, 5.74) is 0.294. The van der Waals surface area contributed by atoms with Gasteiger partial charge in [-0.25, -0.2) is 17.2 Å². The normalized spacial score (nSPS) is 11.3. The Labute approximate surface area is 156 Å². The van der Waals surface area contributed by atoms with E-state index >= 15 is 0 Å². The number of rotatable bonds is 7. The molecular formula is C18H20F2N2O4S. The summed E-state index contributed by atoms with van der Waals surface area (Å²) in [5, 5.41) is 2.34. The largest absolute Gasteiger partial charge is 0.491 e. The van der Waals surface area contributed by atoms with Gasteiger partial charge in [0.1, 0.15) is 12.3 Å². The summed E-state index contributed by atoms with van der Waals surface area (Å²) < 4.78 is 56.8. The summed E-state index contributed by atoms with van der Waals surface area (Å²) in [5.74, 6) is -2.30. The minimum Gasteiger partial charge on any atom is -0.491 e. The van der Waals surface area contributed by atoms with Crippen LogP contribution >= 0.6 is 0 Å². The monoisotopic (exact) mass is 398 g/mol. The highest BCUT2D eigenvalue weighted by Crippen LogP contribution is 2.22. The second-order valence-corrected chi connectivity index (χ2v) is 8.01. The summed E-state index contributed by atoms with van der Waals surface area (Å²) in [4.78, 5) is 12.2. The van der Waals surface area contributed by atoms with Crippen molar-refractivity contribution in [2.24, 2.45) is 0 Å². The Morgan fingerprint density at radius 2 is 1.74 bits per heavy atom. The Bertz CT molecular complexity index is 915. The van der Waals surface area contributed by atoms with Gasteiger partial charge in [0, 0.05) is 11.8 Å². The molecular weight excluding hydrogens is 378 g/mol. The van der Waals surface area contributed by atoms with Gasteiger partial charge < -0.3 is 10.1 Å². The number of benzene rings is 2. The number of carbonyl (C=O) groups excluding carboxylic acids is 1. The molecule has 0 fully saturated rings. The lowest BCUT2D eigenvalue weighted by atomic mass is 10.3. The zero-order valence-corrected chi connectivity index (χ0v) is 15.9. The average Bonchev–Trinajstić information content (AvgIpc) is 2.55. The van der Waals surface area contributed by atoms with Crippen LogP contribution in [0.2, 0.25) is 0 Å². The van der Waals surface area contributed by atoms with Crippen molar-refractivity contribution < 1.29 is 26.7 Å². The number of nitrogens with zero attached hydrogens (tertiary/aromatic N) is 1. The van der Waals surface area contributed by atoms with E-state index in [-0.39, 0.29) is 17.5 Å². The first-order valence-corrected chi connectivity index (χ1v) is 9.90. The zero-order chi connectivity index (χ0) is 20.2. The third kappa shape index (κ3) is 5.92. The van der Waals surface area contributed by atoms with Gasteiger partial charge in [0.2, 0.25) is 15.9 Å². The van der Waals surface area contributed by atoms with Crippen molar-refractivity contribution >= 4 is 27.3 Å². The molecule has 0 bridgehead atoms. The lowest BCUT2D eigenvalue weighted by molar-refractivity contribution is -0.114. The molecule has 0 atom stereocenters. The van der Waals surface area contributed by atoms with Gasteiger partial charge >= 0.3 is 0 Å². The van der Waals surface area contributed by atoms with Crippen LogP contribution in [0.1, 0.15) is 13.8 Å². The highest BCUT2D eigenvalue weighted by atomic mass is 32.2. The molecule has 1 amide bonds. The van der Waals surface area contributed by atoms with Crippen molar-refractivity contribution in [1.82, 2.24) is 0 Å². The molecule has 0 aromatic heterocycles. The van der Waals surface area contributed by atoms with Gasteiger partial charge in [0.05, 0.1) is 18.0 Å². The summed E-state index contributed by atoms with van der Waals surface area (Å²) in [7, 11) is -3.76. The molecule has 0 saturated carbocycles. The Hall–Kier alpha value is -2.68. The third-order valence-corrected chi connectivity index (χ3v) is 4.53. The smallest absolute Gasteiger partial charge is 0.245 e. The fourth-order valence-corrected chi connectivity index (χ4v) is 3.12. The molecule has 0 aliphatic heterocycles. The number of sulfonamides is 1. The molecule has 0 heterocycles. The molecule has 9 heteroatoms. The van der Waals surface area contributed by atoms with Gasteiger partial charge in [-0.05, 0) is 50.2 Å². The summed E-state index contributed by atoms with van der Waals surface area (Å²) in [6.45, 7) is 3.20. The number of amides is 1. The molecule has 0 aliphatic carbocycles. The van der Waals surface area contributed by atoms with E-state index in [1.54, 1.807) is 12.1 Å². The first kappa shape index (κ1) is 20.6. The Kier molecular flexibility index (Phi) is 6.37. The number of ether oxygens (including phenoxy) is 1. The molecule has 27 heavy (non-hydrogen) atoms. The summed E-state index contributed by atoms with van der Waals surface area (Å²) >= 11 is 0. The lowest BCUT2D eigenvalue weighted by Crippen LogP contribution is -2.37. The first-order chi connectivity index (χ1) is 12.6. The van der Waals surface area contributed by atoms with Crippen molar-refractivity contribution in [2.45, 2.75) is 20.0 Å². The second kappa shape index (κ2) is 8.34. The van der Waals surface area contributed by atoms with Crippen LogP contribution in [-0.2, 0) is 14.8 Å². The van der Waals surface area contributed by atoms with Crippen LogP contribution in [0.25, 0.3) is 0 Å². The molecule has 0 radical (unpaired) electrons. The van der Waals surface area contributed by atoms with Crippen LogP contribution in [0.5, 0.6) is 5.75 Å². The zero-order valence-electron chi connectivity index (χ0n) is 15.1. The molecule has 1 N–H and O–H groups in total. The summed E-state index contributed by atoms with van der Waals surface area (Å²) in [6.07, 6.45) is 0.930. The Morgan fingerprint density at radius 1 is 1.11 bits per heavy atom. The topological polar surface area (TPSA) is 75.7 Å². The molecule has 0 spiro atoms. The molecule has 6 nitrogen and oxygen atoms in total. The van der Waals surface area contributed by atoms with E-state index < -0.39 is 34.1 Å². The SMILES string of the molecule is CC(C)Oc1ccc(N(CC(=O)Nc2ccc(F)c(F)c2)S(C)(=O)=O)cc1. The van der Waals surface area contributed by atoms with E-state index in [1.807, 2.05) is 13.8 Å². The van der Waals surface area contributed by atoms with Gasteiger partial charge in [-0.2, -0.15) is 0 Å². The predicted molar refractivity (Wildman–Crippen MR) is 99.4 cm³/mol. The molecule has 0 aliphatic rings. The number of hydrogen-bond donors (Lipinski definition) is 1. The third-order valence-electron chi connectivity index (χ3n) is 3.39. The highest BCUT2D eigenvalue weighted by Gasteiger charge is 2.21. The fraction of sp³-hybridized carbons (Fsp3) is 0.278. The maximum absolute atomic E-state index is 13.2. The molecule has 2 rings (SSSR count). The number of hydrogen-bond acceptors (Lipinski definition) is 4. The van der Waals surface area contributed by atoms with Crippen LogP contribution < -0.4 is 14.4 Å². The van der Waals surface area contributed by atoms with E-state index in [4.69, 9.17) is 4.74 Å². The van der Waals surface area contributed by atoms with Crippen molar-refractivity contribution in [2.75, 3.05) is 22.4 Å². The van der Waals surface area contributed by atoms with Crippen molar-refractivity contribution in [3.63, 3.8) is 0 Å². The number of halogens is 2. The van der Waals surface area contributed by atoms with Crippen LogP contribution in [0.3, 0.4) is 0 Å². The maximum Gasteiger partial charge on any atom is 0.245 e. The Morgan fingerprint density at radius 3 is 2.26 bits per heavy atom. The molecule has 2 aromatic rings. The fourth-order valence-electron chi connectivity index (χ4n) is 2.27. The van der Waals surface area contributed by atoms with Crippen LogP contribution in [0.15, 0.2) is 42.5 Å². The van der Waals surface area contributed by atoms with Gasteiger partial charge in [0.15, 0.2) is 11.6 Å². The van der Waals surface area contributed by atoms with Crippen molar-refractivity contribution in [3.8, 4) is 5.75 Å². The summed E-state index contributed by atoms with van der Waals surface area (Å²) in [6, 6.07) is 9.09. The lowest BCUT2D eigenvalue weighted by Gasteiger charge is -2.22. The van der Waals surface area contributed by atoms with Crippen molar-refractivity contribution in [3.05, 3.63) is 54.1 Å². The van der Waals surface area contributed by atoms with Gasteiger partial charge in [-0.1, -0.05) is 0 Å². The highest BCUT2D eigenvalue weighted by molar-refractivity contribution is 7.92. The van der Waals surface area contributed by atoms with E-state index in [1.165, 1.54) is 18.2 Å². The standard InChI is InChI=1S/C18H20F2N2O4S/c1-12(2)26-15-7-5-14(6-8-15)22(27(3,24)25)11-18(23)21-13-4-9-16(19)17(20)10-13/h4-10,12H,11H2,1-3H3,(H,21,23). The minimum atomic E-state index is -3.76. The van der Waals surface area contributed by atoms with Gasteiger partial charge in [-0.15, -0.1) is 0 Å². The molecule has 2 aromatic carbocycles. The van der Waals surface area contributed by atoms with Crippen LogP contribution in [-0.4, -0.2) is 33.2 Å². The van der Waals surface area contributed by atoms with Crippen molar-refractivity contribution in [1.29, 1.82) is 0 Å². The van der Waals surface area contributed by atoms with E-state index in [0.717, 1.165) is 22.7 Å². The molecule has 0 saturated heterocycles. The van der Waals surface area contributed by atoms with Crippen LogP contribution in [0, 0.1) is 11.6 Å². The second-order valence-electron chi connectivity index (χ2n) is 6.11. The number of carbonyl (C=O) groups is 1. The molecule has 146 valence electrons. The number of anilines is 2. The average molecular weight is 398 g/mol. The Balaban J connectivity index is 2.16. The number of nitrogens with one attached hydrogen (secondary N) is 1. The van der Waals surface area contributed by atoms with E-state index in [2.05, 4.69) is 5.32 Å². The van der Waals surface area contributed by atoms with Gasteiger partial charge in [-0.3, -0.25) is 9.10 Å². The molecule has 0 unspecified atom stereocenters. The van der Waals surface area contributed by atoms with E-state index in [9.17, 15) is 22.0 Å². The predicted octanol–water partition coefficient (Wildman–Crippen LogP) is 3.16. The maximum atomic E-state index is 13.2. The van der Waals surface area contributed by atoms with Crippen LogP contribution in [0.4, 0.5) is 20.2 Å². The minimum absolute atomic E-state index is 0.0213. The van der Waals surface area contributed by atoms with E-state index in [0.29, 0.717) is 5.75 Å². The van der Waals surface area contributed by atoms with Gasteiger partial charge in [0.25, 0.3) is 0 Å².